The molecule has 1 aromatic rings. The summed E-state index contributed by atoms with van der Waals surface area (Å²) in [4.78, 5) is 12.7. The van der Waals surface area contributed by atoms with E-state index in [1.54, 1.807) is 6.07 Å². The molecule has 23 heavy (non-hydrogen) atoms. The van der Waals surface area contributed by atoms with Gasteiger partial charge in [0.15, 0.2) is 0 Å². The Morgan fingerprint density at radius 2 is 2.00 bits per heavy atom. The maximum Gasteiger partial charge on any atom is 0.270 e. The Bertz CT molecular complexity index is 562. The minimum Gasteiger partial charge on any atom is -0.382 e. The molecule has 1 rings (SSSR count). The second kappa shape index (κ2) is 9.11. The molecular formula is C17H26N4O2. The number of nitro groups is 1. The fraction of sp³-hybridized carbons (Fsp3) is 0.588. The molecule has 0 radical (unpaired) electrons. The van der Waals surface area contributed by atoms with Crippen molar-refractivity contribution in [1.82, 2.24) is 4.90 Å². The van der Waals surface area contributed by atoms with Crippen molar-refractivity contribution < 1.29 is 4.92 Å². The lowest BCUT2D eigenvalue weighted by atomic mass is 10.0. The van der Waals surface area contributed by atoms with Crippen LogP contribution in [0.15, 0.2) is 18.2 Å². The van der Waals surface area contributed by atoms with Crippen molar-refractivity contribution in [2.75, 3.05) is 25.0 Å². The molecular weight excluding hydrogens is 292 g/mol. The van der Waals surface area contributed by atoms with Crippen molar-refractivity contribution in [3.05, 3.63) is 33.9 Å². The second-order valence-corrected chi connectivity index (χ2v) is 5.98. The number of hydrogen-bond donors (Lipinski definition) is 1. The van der Waals surface area contributed by atoms with E-state index in [4.69, 9.17) is 0 Å². The number of non-ortho nitro benzene ring substituents is 1. The van der Waals surface area contributed by atoms with Crippen LogP contribution in [-0.2, 0) is 0 Å². The van der Waals surface area contributed by atoms with Crippen LogP contribution in [0.2, 0.25) is 0 Å². The lowest BCUT2D eigenvalue weighted by Gasteiger charge is -2.31. The van der Waals surface area contributed by atoms with Gasteiger partial charge in [0.25, 0.3) is 5.69 Å². The molecule has 1 N–H and O–H groups in total. The molecule has 0 aliphatic carbocycles. The van der Waals surface area contributed by atoms with Gasteiger partial charge in [-0.05, 0) is 31.5 Å². The first-order chi connectivity index (χ1) is 10.9. The van der Waals surface area contributed by atoms with Gasteiger partial charge in [-0.2, -0.15) is 5.26 Å². The van der Waals surface area contributed by atoms with Crippen LogP contribution in [0.1, 0.15) is 39.7 Å². The van der Waals surface area contributed by atoms with Gasteiger partial charge < -0.3 is 5.32 Å². The SMILES string of the molecule is CCN(CC)C(CNc1ccc([N+](=O)[O-])cc1C#N)CC(C)C. The smallest absolute Gasteiger partial charge is 0.270 e. The normalized spacial score (nSPS) is 12.2. The van der Waals surface area contributed by atoms with Gasteiger partial charge in [0.2, 0.25) is 0 Å². The van der Waals surface area contributed by atoms with Crippen LogP contribution in [-0.4, -0.2) is 35.5 Å². The van der Waals surface area contributed by atoms with Crippen molar-refractivity contribution in [2.45, 2.75) is 40.2 Å². The average Bonchev–Trinajstić information content (AvgIpc) is 2.52. The van der Waals surface area contributed by atoms with Crippen molar-refractivity contribution in [2.24, 2.45) is 5.92 Å². The summed E-state index contributed by atoms with van der Waals surface area (Å²) in [6, 6.07) is 6.76. The molecule has 0 aliphatic rings. The number of nitrogens with one attached hydrogen (secondary N) is 1. The molecule has 0 fully saturated rings. The summed E-state index contributed by atoms with van der Waals surface area (Å²) in [6.45, 7) is 11.3. The van der Waals surface area contributed by atoms with Crippen molar-refractivity contribution >= 4 is 11.4 Å². The predicted molar refractivity (Wildman–Crippen MR) is 92.5 cm³/mol. The molecule has 0 saturated carbocycles. The molecule has 1 unspecified atom stereocenters. The van der Waals surface area contributed by atoms with Gasteiger partial charge >= 0.3 is 0 Å². The van der Waals surface area contributed by atoms with Gasteiger partial charge in [-0.15, -0.1) is 0 Å². The Hall–Kier alpha value is -2.13. The number of nitro benzene ring substituents is 1. The molecule has 0 amide bonds. The summed E-state index contributed by atoms with van der Waals surface area (Å²) in [5.74, 6) is 0.578. The maximum atomic E-state index is 10.8. The van der Waals surface area contributed by atoms with Crippen LogP contribution < -0.4 is 5.32 Å². The number of nitrogens with zero attached hydrogens (tertiary/aromatic N) is 3. The molecule has 0 spiro atoms. The van der Waals surface area contributed by atoms with E-state index < -0.39 is 4.92 Å². The monoisotopic (exact) mass is 318 g/mol. The number of likely N-dealkylation sites (N-methyl/N-ethyl adjacent to an activating group) is 1. The maximum absolute atomic E-state index is 10.8. The lowest BCUT2D eigenvalue weighted by Crippen LogP contribution is -2.40. The highest BCUT2D eigenvalue weighted by molar-refractivity contribution is 5.61. The van der Waals surface area contributed by atoms with E-state index in [0.717, 1.165) is 19.5 Å². The summed E-state index contributed by atoms with van der Waals surface area (Å²) in [5.41, 5.74) is 0.899. The van der Waals surface area contributed by atoms with Crippen molar-refractivity contribution in [3.8, 4) is 6.07 Å². The fourth-order valence-corrected chi connectivity index (χ4v) is 2.77. The highest BCUT2D eigenvalue weighted by Gasteiger charge is 2.18. The quantitative estimate of drug-likeness (QED) is 0.555. The molecule has 1 atom stereocenters. The van der Waals surface area contributed by atoms with Crippen LogP contribution in [0.25, 0.3) is 0 Å². The Kier molecular flexibility index (Phi) is 7.49. The minimum atomic E-state index is -0.484. The van der Waals surface area contributed by atoms with E-state index in [-0.39, 0.29) is 5.69 Å². The first-order valence-corrected chi connectivity index (χ1v) is 8.09. The topological polar surface area (TPSA) is 82.2 Å². The van der Waals surface area contributed by atoms with Crippen LogP contribution in [0, 0.1) is 27.4 Å². The molecule has 0 bridgehead atoms. The first-order valence-electron chi connectivity index (χ1n) is 8.09. The van der Waals surface area contributed by atoms with Gasteiger partial charge in [-0.3, -0.25) is 15.0 Å². The number of rotatable bonds is 9. The third-order valence-electron chi connectivity index (χ3n) is 3.93. The first kappa shape index (κ1) is 18.9. The van der Waals surface area contributed by atoms with Crippen molar-refractivity contribution in [3.63, 3.8) is 0 Å². The highest BCUT2D eigenvalue weighted by Crippen LogP contribution is 2.22. The molecule has 6 nitrogen and oxygen atoms in total. The number of anilines is 1. The van der Waals surface area contributed by atoms with Gasteiger partial charge in [0.1, 0.15) is 6.07 Å². The molecule has 0 saturated heterocycles. The van der Waals surface area contributed by atoms with Gasteiger partial charge in [-0.1, -0.05) is 27.7 Å². The highest BCUT2D eigenvalue weighted by atomic mass is 16.6. The van der Waals surface area contributed by atoms with Crippen LogP contribution in [0.5, 0.6) is 0 Å². The van der Waals surface area contributed by atoms with E-state index in [1.165, 1.54) is 12.1 Å². The van der Waals surface area contributed by atoms with Crippen LogP contribution in [0.3, 0.4) is 0 Å². The molecule has 1 aromatic carbocycles. The van der Waals surface area contributed by atoms with Crippen molar-refractivity contribution in [1.29, 1.82) is 5.26 Å². The Balaban J connectivity index is 2.88. The third-order valence-corrected chi connectivity index (χ3v) is 3.93. The van der Waals surface area contributed by atoms with Crippen LogP contribution >= 0.6 is 0 Å². The zero-order chi connectivity index (χ0) is 17.4. The zero-order valence-electron chi connectivity index (χ0n) is 14.4. The van der Waals surface area contributed by atoms with E-state index in [2.05, 4.69) is 37.9 Å². The second-order valence-electron chi connectivity index (χ2n) is 5.98. The standard InChI is InChI=1S/C17H26N4O2/c1-5-20(6-2)16(9-13(3)4)12-19-17-8-7-15(21(22)23)10-14(17)11-18/h7-8,10,13,16,19H,5-6,9,12H2,1-4H3. The number of nitriles is 1. The predicted octanol–water partition coefficient (Wildman–Crippen LogP) is 3.63. The van der Waals surface area contributed by atoms with Gasteiger partial charge in [0.05, 0.1) is 16.2 Å². The summed E-state index contributed by atoms with van der Waals surface area (Å²) in [7, 11) is 0. The van der Waals surface area contributed by atoms with E-state index >= 15 is 0 Å². The molecule has 0 aliphatic heterocycles. The summed E-state index contributed by atoms with van der Waals surface area (Å²) in [5, 5.41) is 23.3. The Morgan fingerprint density at radius 1 is 1.35 bits per heavy atom. The summed E-state index contributed by atoms with van der Waals surface area (Å²) >= 11 is 0. The Labute approximate surface area is 138 Å². The van der Waals surface area contributed by atoms with E-state index in [0.29, 0.717) is 29.8 Å². The van der Waals surface area contributed by atoms with Gasteiger partial charge in [0, 0.05) is 24.7 Å². The number of benzene rings is 1. The summed E-state index contributed by atoms with van der Waals surface area (Å²) < 4.78 is 0. The lowest BCUT2D eigenvalue weighted by molar-refractivity contribution is -0.384. The van der Waals surface area contributed by atoms with Crippen LogP contribution in [0.4, 0.5) is 11.4 Å². The zero-order valence-corrected chi connectivity index (χ0v) is 14.4. The molecule has 0 heterocycles. The minimum absolute atomic E-state index is 0.0606. The molecule has 6 heteroatoms. The third kappa shape index (κ3) is 5.53. The molecule has 126 valence electrons. The average molecular weight is 318 g/mol. The van der Waals surface area contributed by atoms with E-state index in [1.807, 2.05) is 6.07 Å². The molecule has 0 aromatic heterocycles. The summed E-state index contributed by atoms with van der Waals surface area (Å²) in [6.07, 6.45) is 1.06. The number of hydrogen-bond acceptors (Lipinski definition) is 5. The van der Waals surface area contributed by atoms with Gasteiger partial charge in [-0.25, -0.2) is 0 Å². The fourth-order valence-electron chi connectivity index (χ4n) is 2.77. The van der Waals surface area contributed by atoms with E-state index in [9.17, 15) is 15.4 Å². The Morgan fingerprint density at radius 3 is 2.48 bits per heavy atom. The largest absolute Gasteiger partial charge is 0.382 e.